The van der Waals surface area contributed by atoms with Crippen molar-refractivity contribution in [2.24, 2.45) is 0 Å². The van der Waals surface area contributed by atoms with Crippen molar-refractivity contribution in [1.82, 2.24) is 8.75 Å². The van der Waals surface area contributed by atoms with Gasteiger partial charge >= 0.3 is 0 Å². The zero-order valence-electron chi connectivity index (χ0n) is 25.8. The van der Waals surface area contributed by atoms with Gasteiger partial charge in [-0.05, 0) is 72.8 Å². The summed E-state index contributed by atoms with van der Waals surface area (Å²) >= 11 is 4.20. The van der Waals surface area contributed by atoms with Crippen LogP contribution in [0.3, 0.4) is 0 Å². The molecule has 0 radical (unpaired) electrons. The van der Waals surface area contributed by atoms with Crippen LogP contribution in [-0.4, -0.2) is 8.75 Å². The maximum Gasteiger partial charge on any atom is 0.115 e. The highest BCUT2D eigenvalue weighted by Crippen LogP contribution is 2.49. The topological polar surface area (TPSA) is 79.8 Å². The lowest BCUT2D eigenvalue weighted by molar-refractivity contribution is 1.32. The van der Waals surface area contributed by atoms with Crippen LogP contribution < -0.4 is 9.80 Å². The second-order valence-electron chi connectivity index (χ2n) is 11.0. The maximum atomic E-state index is 10.7. The smallest absolute Gasteiger partial charge is 0.115 e. The fourth-order valence-electron chi connectivity index (χ4n) is 5.99. The summed E-state index contributed by atoms with van der Waals surface area (Å²) in [5.41, 5.74) is 7.18. The SMILES string of the molecule is N#Cc1c(C#N)c(-c2ccc(N(c3ccccc3)c3ccccc3)s2)c2nsnc2c1-c1ccc(N(c2ccccc2)c2ccccc2)s1. The first-order valence-corrected chi connectivity index (χ1v) is 17.7. The molecule has 232 valence electrons. The summed E-state index contributed by atoms with van der Waals surface area (Å²) in [7, 11) is 0. The molecule has 0 saturated carbocycles. The Morgan fingerprint density at radius 2 is 0.755 bits per heavy atom. The van der Waals surface area contributed by atoms with Gasteiger partial charge in [-0.25, -0.2) is 0 Å². The molecule has 0 atom stereocenters. The Balaban J connectivity index is 1.27. The van der Waals surface area contributed by atoms with Gasteiger partial charge in [0.15, 0.2) is 0 Å². The molecule has 9 heteroatoms. The average Bonchev–Trinajstić information content (AvgIpc) is 3.95. The number of rotatable bonds is 8. The second-order valence-corrected chi connectivity index (χ2v) is 13.6. The van der Waals surface area contributed by atoms with Gasteiger partial charge in [0.25, 0.3) is 0 Å². The average molecular weight is 685 g/mol. The molecule has 0 aliphatic heterocycles. The van der Waals surface area contributed by atoms with Gasteiger partial charge in [0, 0.05) is 43.6 Å². The molecule has 0 amide bonds. The molecule has 0 bridgehead atoms. The normalized spacial score (nSPS) is 10.8. The van der Waals surface area contributed by atoms with E-state index in [0.717, 1.165) is 54.2 Å². The molecule has 0 aliphatic carbocycles. The van der Waals surface area contributed by atoms with Gasteiger partial charge in [-0.15, -0.1) is 22.7 Å². The predicted octanol–water partition coefficient (Wildman–Crippen LogP) is 11.8. The monoisotopic (exact) mass is 684 g/mol. The van der Waals surface area contributed by atoms with Crippen molar-refractivity contribution in [3.63, 3.8) is 0 Å². The van der Waals surface area contributed by atoms with Gasteiger partial charge in [-0.3, -0.25) is 0 Å². The number of nitriles is 2. The van der Waals surface area contributed by atoms with E-state index in [1.54, 1.807) is 22.7 Å². The molecule has 3 heterocycles. The van der Waals surface area contributed by atoms with Crippen molar-refractivity contribution in [3.8, 4) is 33.0 Å². The number of anilines is 6. The summed E-state index contributed by atoms with van der Waals surface area (Å²) in [6, 6.07) is 53.7. The molecule has 0 saturated heterocycles. The summed E-state index contributed by atoms with van der Waals surface area (Å²) in [6.45, 7) is 0. The van der Waals surface area contributed by atoms with Crippen molar-refractivity contribution in [3.05, 3.63) is 157 Å². The van der Waals surface area contributed by atoms with Crippen molar-refractivity contribution < 1.29 is 0 Å². The van der Waals surface area contributed by atoms with E-state index in [4.69, 9.17) is 8.75 Å². The Labute approximate surface area is 295 Å². The molecule has 0 aliphatic rings. The number of hydrogen-bond donors (Lipinski definition) is 0. The third kappa shape index (κ3) is 5.52. The van der Waals surface area contributed by atoms with Gasteiger partial charge < -0.3 is 9.80 Å². The fourth-order valence-corrected chi connectivity index (χ4v) is 8.75. The molecule has 0 N–H and O–H groups in total. The van der Waals surface area contributed by atoms with E-state index in [9.17, 15) is 10.5 Å². The molecule has 6 nitrogen and oxygen atoms in total. The quantitative estimate of drug-likeness (QED) is 0.158. The molecule has 49 heavy (non-hydrogen) atoms. The maximum absolute atomic E-state index is 10.7. The van der Waals surface area contributed by atoms with E-state index >= 15 is 0 Å². The Morgan fingerprint density at radius 1 is 0.429 bits per heavy atom. The van der Waals surface area contributed by atoms with Crippen LogP contribution in [0.25, 0.3) is 31.9 Å². The second kappa shape index (κ2) is 13.2. The van der Waals surface area contributed by atoms with Crippen molar-refractivity contribution in [2.75, 3.05) is 9.80 Å². The van der Waals surface area contributed by atoms with E-state index in [2.05, 4.69) is 82.6 Å². The van der Waals surface area contributed by atoms with Crippen LogP contribution in [0.1, 0.15) is 11.1 Å². The van der Waals surface area contributed by atoms with Crippen LogP contribution in [0.2, 0.25) is 0 Å². The Kier molecular flexibility index (Phi) is 8.14. The van der Waals surface area contributed by atoms with Crippen molar-refractivity contribution in [1.29, 1.82) is 10.5 Å². The third-order valence-electron chi connectivity index (χ3n) is 8.11. The first-order valence-electron chi connectivity index (χ1n) is 15.4. The van der Waals surface area contributed by atoms with E-state index < -0.39 is 0 Å². The number of thiophene rings is 2. The number of benzene rings is 5. The zero-order valence-corrected chi connectivity index (χ0v) is 28.2. The van der Waals surface area contributed by atoms with Gasteiger partial charge in [-0.2, -0.15) is 19.3 Å². The molecule has 5 aromatic carbocycles. The number of para-hydroxylation sites is 4. The molecule has 0 unspecified atom stereocenters. The summed E-state index contributed by atoms with van der Waals surface area (Å²) < 4.78 is 9.46. The van der Waals surface area contributed by atoms with Crippen LogP contribution in [0.15, 0.2) is 146 Å². The molecule has 0 fully saturated rings. The first kappa shape index (κ1) is 30.2. The summed E-state index contributed by atoms with van der Waals surface area (Å²) in [5, 5.41) is 23.3. The summed E-state index contributed by atoms with van der Waals surface area (Å²) in [4.78, 5) is 6.06. The minimum Gasteiger partial charge on any atom is -0.302 e. The minimum absolute atomic E-state index is 0.301. The van der Waals surface area contributed by atoms with E-state index in [1.807, 2.05) is 84.9 Å². The fraction of sp³-hybridized carbons (Fsp3) is 0. The van der Waals surface area contributed by atoms with Gasteiger partial charge in [0.05, 0.1) is 22.9 Å². The Morgan fingerprint density at radius 3 is 1.06 bits per heavy atom. The molecule has 3 aromatic heterocycles. The van der Waals surface area contributed by atoms with E-state index in [1.165, 1.54) is 0 Å². The highest BCUT2D eigenvalue weighted by atomic mass is 32.1. The van der Waals surface area contributed by atoms with Crippen LogP contribution in [0.5, 0.6) is 0 Å². The van der Waals surface area contributed by atoms with E-state index in [-0.39, 0.29) is 0 Å². The number of hydrogen-bond acceptors (Lipinski definition) is 9. The molecule has 8 aromatic rings. The number of aromatic nitrogens is 2. The highest BCUT2D eigenvalue weighted by molar-refractivity contribution is 7.20. The Hall–Kier alpha value is -6.10. The van der Waals surface area contributed by atoms with E-state index in [0.29, 0.717) is 33.3 Å². The van der Waals surface area contributed by atoms with Crippen LogP contribution >= 0.6 is 34.4 Å². The van der Waals surface area contributed by atoms with Crippen LogP contribution in [0, 0.1) is 22.7 Å². The standard InChI is InChI=1S/C40H24N6S3/c41-25-31-32(26-42)38(34-22-24-36(48-34)46(29-17-9-3-10-18-29)30-19-11-4-12-20-30)40-39(43-49-44-40)37(31)33-21-23-35(47-33)45(27-13-5-1-6-14-27)28-15-7-2-8-16-28/h1-24H. The highest BCUT2D eigenvalue weighted by Gasteiger charge is 2.27. The summed E-state index contributed by atoms with van der Waals surface area (Å²) in [6.07, 6.45) is 0. The Bertz CT molecular complexity index is 2220. The third-order valence-corrected chi connectivity index (χ3v) is 10.8. The minimum atomic E-state index is 0.301. The lowest BCUT2D eigenvalue weighted by Gasteiger charge is -2.23. The van der Waals surface area contributed by atoms with Crippen LogP contribution in [-0.2, 0) is 0 Å². The van der Waals surface area contributed by atoms with Crippen molar-refractivity contribution in [2.45, 2.75) is 0 Å². The molecular formula is C40H24N6S3. The van der Waals surface area contributed by atoms with Crippen molar-refractivity contribution >= 4 is 78.2 Å². The zero-order chi connectivity index (χ0) is 33.2. The van der Waals surface area contributed by atoms with Gasteiger partial charge in [-0.1, -0.05) is 72.8 Å². The number of fused-ring (bicyclic) bond motifs is 1. The largest absolute Gasteiger partial charge is 0.302 e. The number of nitrogens with zero attached hydrogens (tertiary/aromatic N) is 6. The van der Waals surface area contributed by atoms with Gasteiger partial charge in [0.2, 0.25) is 0 Å². The lowest BCUT2D eigenvalue weighted by Crippen LogP contribution is -2.07. The summed E-state index contributed by atoms with van der Waals surface area (Å²) in [5.74, 6) is 0. The van der Waals surface area contributed by atoms with Crippen LogP contribution in [0.4, 0.5) is 32.8 Å². The van der Waals surface area contributed by atoms with Gasteiger partial charge in [0.1, 0.15) is 33.2 Å². The lowest BCUT2D eigenvalue weighted by atomic mass is 9.93. The first-order chi connectivity index (χ1) is 24.2. The predicted molar refractivity (Wildman–Crippen MR) is 203 cm³/mol. The molecule has 0 spiro atoms. The molecular weight excluding hydrogens is 661 g/mol. The molecule has 8 rings (SSSR count).